The van der Waals surface area contributed by atoms with E-state index in [2.05, 4.69) is 0 Å². The lowest BCUT2D eigenvalue weighted by atomic mass is 10.1. The molecular weight excluding hydrogens is 308 g/mol. The van der Waals surface area contributed by atoms with Crippen LogP contribution in [0.25, 0.3) is 0 Å². The molecule has 0 spiro atoms. The van der Waals surface area contributed by atoms with E-state index in [9.17, 15) is 13.2 Å². The fourth-order valence-electron chi connectivity index (χ4n) is 2.73. The monoisotopic (exact) mass is 320 g/mol. The van der Waals surface area contributed by atoms with Crippen LogP contribution in [0.4, 0.5) is 0 Å². The third-order valence-electron chi connectivity index (χ3n) is 3.85. The molecule has 3 nitrogen and oxygen atoms in total. The topological polar surface area (TPSA) is 51.2 Å². The van der Waals surface area contributed by atoms with Crippen LogP contribution in [0, 0.1) is 5.92 Å². The smallest absolute Gasteiger partial charge is 0.182 e. The number of sulfone groups is 1. The van der Waals surface area contributed by atoms with Crippen LogP contribution in [0.15, 0.2) is 59.5 Å². The average Bonchev–Trinajstić information content (AvgIpc) is 3.24. The molecule has 0 bridgehead atoms. The Morgan fingerprint density at radius 1 is 0.952 bits per heavy atom. The van der Waals surface area contributed by atoms with Crippen molar-refractivity contribution in [3.63, 3.8) is 0 Å². The Labute approximate surface area is 128 Å². The molecule has 108 valence electrons. The quantitative estimate of drug-likeness (QED) is 0.813. The second-order valence-corrected chi connectivity index (χ2v) is 7.66. The fourth-order valence-corrected chi connectivity index (χ4v) is 4.99. The van der Waals surface area contributed by atoms with Crippen LogP contribution in [-0.4, -0.2) is 20.0 Å². The summed E-state index contributed by atoms with van der Waals surface area (Å²) in [6.45, 7) is 0. The first-order valence-corrected chi connectivity index (χ1v) is 8.48. The van der Waals surface area contributed by atoms with Gasteiger partial charge >= 0.3 is 0 Å². The number of hydrogen-bond donors (Lipinski definition) is 0. The van der Waals surface area contributed by atoms with Gasteiger partial charge in [0.25, 0.3) is 0 Å². The summed E-state index contributed by atoms with van der Waals surface area (Å²) in [5.41, 5.74) is 0.834. The normalized spacial score (nSPS) is 24.5. The van der Waals surface area contributed by atoms with Gasteiger partial charge in [0.1, 0.15) is 6.29 Å². The van der Waals surface area contributed by atoms with E-state index in [0.717, 1.165) is 11.8 Å². The summed E-state index contributed by atoms with van der Waals surface area (Å²) in [6.07, 6.45) is 0.741. The summed E-state index contributed by atoms with van der Waals surface area (Å²) in [5.74, 6) is -0.777. The van der Waals surface area contributed by atoms with Crippen molar-refractivity contribution in [1.82, 2.24) is 0 Å². The molecule has 1 fully saturated rings. The van der Waals surface area contributed by atoms with E-state index in [4.69, 9.17) is 11.6 Å². The molecule has 2 aromatic rings. The van der Waals surface area contributed by atoms with E-state index < -0.39 is 21.0 Å². The Morgan fingerprint density at radius 3 is 2.14 bits per heavy atom. The predicted octanol–water partition coefficient (Wildman–Crippen LogP) is 3.09. The maximum atomic E-state index is 12.6. The van der Waals surface area contributed by atoms with Crippen LogP contribution in [0.3, 0.4) is 0 Å². The Bertz CT molecular complexity index is 754. The molecule has 1 aliphatic carbocycles. The number of rotatable bonds is 4. The molecule has 0 radical (unpaired) electrons. The number of carbonyl (C=O) groups is 1. The summed E-state index contributed by atoms with van der Waals surface area (Å²) in [4.78, 5) is 11.5. The Hall–Kier alpha value is -1.65. The first kappa shape index (κ1) is 14.3. The van der Waals surface area contributed by atoms with Gasteiger partial charge < -0.3 is 4.79 Å². The van der Waals surface area contributed by atoms with Crippen molar-refractivity contribution in [3.8, 4) is 0 Å². The Morgan fingerprint density at radius 2 is 1.57 bits per heavy atom. The van der Waals surface area contributed by atoms with Gasteiger partial charge in [0.15, 0.2) is 9.84 Å². The number of hydrogen-bond acceptors (Lipinski definition) is 3. The first-order valence-electron chi connectivity index (χ1n) is 6.55. The first-order chi connectivity index (χ1) is 10.1. The zero-order chi connectivity index (χ0) is 15.0. The maximum absolute atomic E-state index is 12.6. The molecule has 1 saturated carbocycles. The summed E-state index contributed by atoms with van der Waals surface area (Å²) in [7, 11) is -3.50. The number of halogens is 1. The highest BCUT2D eigenvalue weighted by Gasteiger charge is 2.58. The van der Waals surface area contributed by atoms with E-state index in [1.807, 2.05) is 0 Å². The molecule has 21 heavy (non-hydrogen) atoms. The summed E-state index contributed by atoms with van der Waals surface area (Å²) in [5, 5.41) is -0.0944. The minimum Gasteiger partial charge on any atom is -0.303 e. The van der Waals surface area contributed by atoms with Crippen LogP contribution in [-0.2, 0) is 14.6 Å². The SMILES string of the molecule is O=C[C@H]1[C@H](c2ccc(Cl)cc2)[C@@H]1S(=O)(=O)c1ccccc1. The minimum atomic E-state index is -3.50. The van der Waals surface area contributed by atoms with Crippen molar-refractivity contribution < 1.29 is 13.2 Å². The lowest BCUT2D eigenvalue weighted by Crippen LogP contribution is -2.10. The van der Waals surface area contributed by atoms with Crippen molar-refractivity contribution in [2.75, 3.05) is 0 Å². The molecular formula is C16H13ClO3S. The summed E-state index contributed by atoms with van der Waals surface area (Å²) in [6, 6.07) is 15.2. The van der Waals surface area contributed by atoms with Gasteiger partial charge in [-0.2, -0.15) is 0 Å². The lowest BCUT2D eigenvalue weighted by molar-refractivity contribution is -0.108. The van der Waals surface area contributed by atoms with Crippen LogP contribution in [0.5, 0.6) is 0 Å². The summed E-state index contributed by atoms with van der Waals surface area (Å²) >= 11 is 5.84. The molecule has 5 heteroatoms. The molecule has 0 N–H and O–H groups in total. The second-order valence-electron chi connectivity index (χ2n) is 5.11. The van der Waals surface area contributed by atoms with Crippen molar-refractivity contribution in [2.24, 2.45) is 5.92 Å². The third-order valence-corrected chi connectivity index (χ3v) is 6.35. The fraction of sp³-hybridized carbons (Fsp3) is 0.188. The van der Waals surface area contributed by atoms with E-state index in [1.165, 1.54) is 0 Å². The van der Waals surface area contributed by atoms with E-state index in [1.54, 1.807) is 54.6 Å². The van der Waals surface area contributed by atoms with Crippen LogP contribution in [0.1, 0.15) is 11.5 Å². The highest BCUT2D eigenvalue weighted by atomic mass is 35.5. The standard InChI is InChI=1S/C16H13ClO3S/c17-12-8-6-11(7-9-12)15-14(10-18)16(15)21(19,20)13-4-2-1-3-5-13/h1-10,14-16H/t14-,15-,16+/m0/s1. The third kappa shape index (κ3) is 2.49. The van der Waals surface area contributed by atoms with Gasteiger partial charge in [-0.25, -0.2) is 8.42 Å². The molecule has 3 atom stereocenters. The lowest BCUT2D eigenvalue weighted by Gasteiger charge is -2.04. The molecule has 0 aromatic heterocycles. The van der Waals surface area contributed by atoms with Gasteiger partial charge in [-0.05, 0) is 29.8 Å². The van der Waals surface area contributed by atoms with Crippen LogP contribution >= 0.6 is 11.6 Å². The molecule has 3 rings (SSSR count). The number of aldehydes is 1. The molecule has 0 heterocycles. The molecule has 2 aromatic carbocycles. The zero-order valence-corrected chi connectivity index (χ0v) is 12.6. The predicted molar refractivity (Wildman–Crippen MR) is 81.2 cm³/mol. The van der Waals surface area contributed by atoms with E-state index >= 15 is 0 Å². The minimum absolute atomic E-state index is 0.262. The molecule has 0 saturated heterocycles. The van der Waals surface area contributed by atoms with Gasteiger partial charge in [-0.3, -0.25) is 0 Å². The van der Waals surface area contributed by atoms with Crippen molar-refractivity contribution >= 4 is 27.7 Å². The second kappa shape index (κ2) is 5.28. The highest BCUT2D eigenvalue weighted by molar-refractivity contribution is 7.92. The van der Waals surface area contributed by atoms with Gasteiger partial charge in [-0.1, -0.05) is 41.9 Å². The molecule has 0 amide bonds. The van der Waals surface area contributed by atoms with Crippen molar-refractivity contribution in [3.05, 3.63) is 65.2 Å². The van der Waals surface area contributed by atoms with Crippen LogP contribution in [0.2, 0.25) is 5.02 Å². The van der Waals surface area contributed by atoms with Gasteiger partial charge in [0.05, 0.1) is 10.1 Å². The van der Waals surface area contributed by atoms with Gasteiger partial charge in [0.2, 0.25) is 0 Å². The summed E-state index contributed by atoms with van der Waals surface area (Å²) < 4.78 is 25.3. The molecule has 1 aliphatic rings. The Kier molecular flexibility index (Phi) is 3.59. The highest BCUT2D eigenvalue weighted by Crippen LogP contribution is 2.52. The molecule has 0 aliphatic heterocycles. The van der Waals surface area contributed by atoms with Crippen molar-refractivity contribution in [2.45, 2.75) is 16.1 Å². The van der Waals surface area contributed by atoms with Gasteiger partial charge in [-0.15, -0.1) is 0 Å². The average molecular weight is 321 g/mol. The van der Waals surface area contributed by atoms with E-state index in [-0.39, 0.29) is 10.8 Å². The van der Waals surface area contributed by atoms with Crippen LogP contribution < -0.4 is 0 Å². The number of carbonyl (C=O) groups excluding carboxylic acids is 1. The van der Waals surface area contributed by atoms with E-state index in [0.29, 0.717) is 5.02 Å². The largest absolute Gasteiger partial charge is 0.303 e. The number of benzene rings is 2. The maximum Gasteiger partial charge on any atom is 0.182 e. The van der Waals surface area contributed by atoms with Crippen molar-refractivity contribution in [1.29, 1.82) is 0 Å². The molecule has 0 unspecified atom stereocenters. The zero-order valence-electron chi connectivity index (χ0n) is 11.0. The van der Waals surface area contributed by atoms with Gasteiger partial charge in [0, 0.05) is 16.9 Å². The Balaban J connectivity index is 1.96.